The predicted octanol–water partition coefficient (Wildman–Crippen LogP) is 3.47. The van der Waals surface area contributed by atoms with Crippen LogP contribution in [0.15, 0.2) is 47.5 Å². The summed E-state index contributed by atoms with van der Waals surface area (Å²) in [5.41, 5.74) is 9.23. The summed E-state index contributed by atoms with van der Waals surface area (Å²) in [4.78, 5) is 6.80. The molecule has 0 bridgehead atoms. The Balaban J connectivity index is 2.12. The van der Waals surface area contributed by atoms with Gasteiger partial charge in [-0.05, 0) is 44.2 Å². The Morgan fingerprint density at radius 2 is 1.81 bits per heavy atom. The summed E-state index contributed by atoms with van der Waals surface area (Å²) in [6, 6.07) is 14.3. The lowest BCUT2D eigenvalue weighted by molar-refractivity contribution is 0.265. The third kappa shape index (κ3) is 5.89. The van der Waals surface area contributed by atoms with E-state index in [2.05, 4.69) is 54.3 Å². The van der Waals surface area contributed by atoms with E-state index in [1.54, 1.807) is 14.2 Å². The largest absolute Gasteiger partial charge is 0.497 e. The molecule has 6 nitrogen and oxygen atoms in total. The number of guanidine groups is 1. The van der Waals surface area contributed by atoms with E-state index >= 15 is 0 Å². The summed E-state index contributed by atoms with van der Waals surface area (Å²) in [6.45, 7) is 5.75. The first kappa shape index (κ1) is 20.6. The van der Waals surface area contributed by atoms with Crippen LogP contribution in [0.2, 0.25) is 0 Å². The SMILES string of the molecule is COc1ccc(OC)c(NC(N)=NCc2ccccc2CN(C)C(C)C)c1. The lowest BCUT2D eigenvalue weighted by Crippen LogP contribution is -2.26. The lowest BCUT2D eigenvalue weighted by atomic mass is 10.1. The van der Waals surface area contributed by atoms with Crippen LogP contribution in [0, 0.1) is 0 Å². The first-order valence-corrected chi connectivity index (χ1v) is 9.00. The van der Waals surface area contributed by atoms with E-state index in [0.717, 1.165) is 12.1 Å². The van der Waals surface area contributed by atoms with Gasteiger partial charge in [0, 0.05) is 18.7 Å². The number of benzene rings is 2. The summed E-state index contributed by atoms with van der Waals surface area (Å²) in [7, 11) is 5.35. The molecule has 6 heteroatoms. The highest BCUT2D eigenvalue weighted by atomic mass is 16.5. The van der Waals surface area contributed by atoms with Crippen molar-refractivity contribution in [3.8, 4) is 11.5 Å². The Labute approximate surface area is 162 Å². The molecular formula is C21H30N4O2. The standard InChI is InChI=1S/C21H30N4O2/c1-15(2)25(3)14-17-9-7-6-8-16(17)13-23-21(22)24-19-12-18(26-4)10-11-20(19)27-5/h6-12,15H,13-14H2,1-5H3,(H3,22,23,24). The fourth-order valence-corrected chi connectivity index (χ4v) is 2.58. The highest BCUT2D eigenvalue weighted by molar-refractivity contribution is 5.94. The molecule has 0 unspecified atom stereocenters. The number of nitrogens with two attached hydrogens (primary N) is 1. The van der Waals surface area contributed by atoms with Crippen LogP contribution in [0.25, 0.3) is 0 Å². The third-order valence-corrected chi connectivity index (χ3v) is 4.51. The minimum Gasteiger partial charge on any atom is -0.497 e. The van der Waals surface area contributed by atoms with Crippen molar-refractivity contribution < 1.29 is 9.47 Å². The Hall–Kier alpha value is -2.73. The third-order valence-electron chi connectivity index (χ3n) is 4.51. The fraction of sp³-hybridized carbons (Fsp3) is 0.381. The van der Waals surface area contributed by atoms with Gasteiger partial charge in [0.1, 0.15) is 11.5 Å². The van der Waals surface area contributed by atoms with Crippen molar-refractivity contribution in [1.82, 2.24) is 4.90 Å². The molecule has 0 radical (unpaired) electrons. The first-order chi connectivity index (χ1) is 12.9. The van der Waals surface area contributed by atoms with Gasteiger partial charge in [0.2, 0.25) is 0 Å². The topological polar surface area (TPSA) is 72.1 Å². The predicted molar refractivity (Wildman–Crippen MR) is 112 cm³/mol. The van der Waals surface area contributed by atoms with Gasteiger partial charge in [0.15, 0.2) is 5.96 Å². The average Bonchev–Trinajstić information content (AvgIpc) is 2.67. The number of anilines is 1. The van der Waals surface area contributed by atoms with E-state index in [1.807, 2.05) is 24.3 Å². The van der Waals surface area contributed by atoms with Crippen molar-refractivity contribution in [1.29, 1.82) is 0 Å². The molecule has 2 rings (SSSR count). The first-order valence-electron chi connectivity index (χ1n) is 9.00. The summed E-state index contributed by atoms with van der Waals surface area (Å²) in [5, 5.41) is 3.10. The average molecular weight is 370 g/mol. The zero-order valence-electron chi connectivity index (χ0n) is 16.8. The van der Waals surface area contributed by atoms with E-state index in [-0.39, 0.29) is 0 Å². The Kier molecular flexibility index (Phi) is 7.49. The molecular weight excluding hydrogens is 340 g/mol. The number of nitrogens with one attached hydrogen (secondary N) is 1. The Bertz CT molecular complexity index is 775. The minimum absolute atomic E-state index is 0.327. The summed E-state index contributed by atoms with van der Waals surface area (Å²) in [6.07, 6.45) is 0. The maximum atomic E-state index is 6.10. The van der Waals surface area contributed by atoms with Crippen molar-refractivity contribution in [3.63, 3.8) is 0 Å². The van der Waals surface area contributed by atoms with Crippen molar-refractivity contribution in [3.05, 3.63) is 53.6 Å². The number of methoxy groups -OCH3 is 2. The molecule has 2 aromatic rings. The van der Waals surface area contributed by atoms with Gasteiger partial charge in [-0.1, -0.05) is 24.3 Å². The van der Waals surface area contributed by atoms with Crippen molar-refractivity contribution >= 4 is 11.6 Å². The van der Waals surface area contributed by atoms with Crippen LogP contribution >= 0.6 is 0 Å². The van der Waals surface area contributed by atoms with E-state index in [0.29, 0.717) is 35.7 Å². The molecule has 0 spiro atoms. The zero-order valence-corrected chi connectivity index (χ0v) is 16.8. The second-order valence-corrected chi connectivity index (χ2v) is 6.67. The van der Waals surface area contributed by atoms with Gasteiger partial charge in [0.25, 0.3) is 0 Å². The van der Waals surface area contributed by atoms with Gasteiger partial charge >= 0.3 is 0 Å². The molecule has 0 fully saturated rings. The maximum Gasteiger partial charge on any atom is 0.193 e. The summed E-state index contributed by atoms with van der Waals surface area (Å²) >= 11 is 0. The molecule has 0 heterocycles. The molecule has 0 atom stereocenters. The van der Waals surface area contributed by atoms with Crippen LogP contribution in [0.5, 0.6) is 11.5 Å². The summed E-state index contributed by atoms with van der Waals surface area (Å²) in [5.74, 6) is 1.72. The minimum atomic E-state index is 0.327. The van der Waals surface area contributed by atoms with E-state index in [4.69, 9.17) is 15.2 Å². The van der Waals surface area contributed by atoms with Gasteiger partial charge in [0.05, 0.1) is 26.5 Å². The Morgan fingerprint density at radius 3 is 2.44 bits per heavy atom. The van der Waals surface area contributed by atoms with Crippen molar-refractivity contribution in [2.45, 2.75) is 33.0 Å². The van der Waals surface area contributed by atoms with E-state index in [9.17, 15) is 0 Å². The summed E-state index contributed by atoms with van der Waals surface area (Å²) < 4.78 is 10.6. The maximum absolute atomic E-state index is 6.10. The number of nitrogens with zero attached hydrogens (tertiary/aromatic N) is 2. The quantitative estimate of drug-likeness (QED) is 0.550. The molecule has 27 heavy (non-hydrogen) atoms. The van der Waals surface area contributed by atoms with Gasteiger partial charge < -0.3 is 20.5 Å². The molecule has 146 valence electrons. The van der Waals surface area contributed by atoms with Gasteiger partial charge in [-0.25, -0.2) is 4.99 Å². The molecule has 0 amide bonds. The number of ether oxygens (including phenoxy) is 2. The van der Waals surface area contributed by atoms with Gasteiger partial charge in [-0.3, -0.25) is 4.90 Å². The highest BCUT2D eigenvalue weighted by Crippen LogP contribution is 2.28. The van der Waals surface area contributed by atoms with Crippen molar-refractivity contribution in [2.24, 2.45) is 10.7 Å². The van der Waals surface area contributed by atoms with E-state index < -0.39 is 0 Å². The van der Waals surface area contributed by atoms with Crippen LogP contribution in [0.4, 0.5) is 5.69 Å². The normalized spacial score (nSPS) is 11.7. The highest BCUT2D eigenvalue weighted by Gasteiger charge is 2.09. The number of rotatable bonds is 8. The molecule has 0 saturated heterocycles. The zero-order chi connectivity index (χ0) is 19.8. The fourth-order valence-electron chi connectivity index (χ4n) is 2.58. The second kappa shape index (κ2) is 9.83. The van der Waals surface area contributed by atoms with Gasteiger partial charge in [-0.15, -0.1) is 0 Å². The second-order valence-electron chi connectivity index (χ2n) is 6.67. The lowest BCUT2D eigenvalue weighted by Gasteiger charge is -2.22. The van der Waals surface area contributed by atoms with E-state index in [1.165, 1.54) is 5.56 Å². The van der Waals surface area contributed by atoms with Crippen LogP contribution in [-0.2, 0) is 13.1 Å². The molecule has 0 aromatic heterocycles. The van der Waals surface area contributed by atoms with Crippen LogP contribution in [-0.4, -0.2) is 38.2 Å². The van der Waals surface area contributed by atoms with Gasteiger partial charge in [-0.2, -0.15) is 0 Å². The molecule has 0 aliphatic rings. The monoisotopic (exact) mass is 370 g/mol. The molecule has 0 saturated carbocycles. The molecule has 0 aliphatic heterocycles. The molecule has 2 aromatic carbocycles. The number of hydrogen-bond acceptors (Lipinski definition) is 4. The Morgan fingerprint density at radius 1 is 1.11 bits per heavy atom. The van der Waals surface area contributed by atoms with Crippen LogP contribution in [0.3, 0.4) is 0 Å². The smallest absolute Gasteiger partial charge is 0.193 e. The van der Waals surface area contributed by atoms with Crippen LogP contribution in [0.1, 0.15) is 25.0 Å². The molecule has 3 N–H and O–H groups in total. The van der Waals surface area contributed by atoms with Crippen molar-refractivity contribution in [2.75, 3.05) is 26.6 Å². The molecule has 0 aliphatic carbocycles. The number of hydrogen-bond donors (Lipinski definition) is 2. The number of aliphatic imine (C=N–C) groups is 1. The van der Waals surface area contributed by atoms with Crippen LogP contribution < -0.4 is 20.5 Å².